The van der Waals surface area contributed by atoms with Crippen molar-refractivity contribution in [2.45, 2.75) is 85.1 Å². The van der Waals surface area contributed by atoms with Gasteiger partial charge in [-0.15, -0.1) is 0 Å². The standard InChI is InChI=1S/C15H29N3/c1-6-9-11-13-16-14(12-10-7-2)18(17-13)15(4,5)8-3/h6-12H2,1-5H3. The first-order chi connectivity index (χ1) is 8.55. The van der Waals surface area contributed by atoms with Crippen molar-refractivity contribution in [3.63, 3.8) is 0 Å². The molecular formula is C15H29N3. The van der Waals surface area contributed by atoms with Crippen LogP contribution in [0.2, 0.25) is 0 Å². The molecule has 1 heterocycles. The molecule has 0 spiro atoms. The van der Waals surface area contributed by atoms with E-state index in [1.807, 2.05) is 0 Å². The van der Waals surface area contributed by atoms with Crippen molar-refractivity contribution in [2.75, 3.05) is 0 Å². The van der Waals surface area contributed by atoms with Crippen LogP contribution in [0.4, 0.5) is 0 Å². The molecule has 0 aliphatic carbocycles. The summed E-state index contributed by atoms with van der Waals surface area (Å²) >= 11 is 0. The minimum Gasteiger partial charge on any atom is -0.244 e. The third-order valence-corrected chi connectivity index (χ3v) is 3.66. The molecule has 0 N–H and O–H groups in total. The van der Waals surface area contributed by atoms with Gasteiger partial charge in [-0.05, 0) is 33.1 Å². The number of nitrogens with zero attached hydrogens (tertiary/aromatic N) is 3. The molecule has 3 nitrogen and oxygen atoms in total. The van der Waals surface area contributed by atoms with Gasteiger partial charge in [0.1, 0.15) is 5.82 Å². The molecule has 0 aliphatic heterocycles. The normalized spacial score (nSPS) is 12.1. The number of aromatic nitrogens is 3. The number of hydrogen-bond acceptors (Lipinski definition) is 2. The molecule has 0 bridgehead atoms. The lowest BCUT2D eigenvalue weighted by Gasteiger charge is -2.25. The van der Waals surface area contributed by atoms with Crippen LogP contribution in [0.25, 0.3) is 0 Å². The molecule has 0 saturated carbocycles. The van der Waals surface area contributed by atoms with Gasteiger partial charge in [-0.2, -0.15) is 5.10 Å². The Morgan fingerprint density at radius 3 is 2.17 bits per heavy atom. The third kappa shape index (κ3) is 3.82. The number of rotatable bonds is 8. The average Bonchev–Trinajstić information content (AvgIpc) is 2.77. The predicted molar refractivity (Wildman–Crippen MR) is 76.9 cm³/mol. The van der Waals surface area contributed by atoms with Crippen LogP contribution in [0, 0.1) is 0 Å². The van der Waals surface area contributed by atoms with Crippen LogP contribution in [-0.4, -0.2) is 14.8 Å². The van der Waals surface area contributed by atoms with E-state index in [4.69, 9.17) is 10.1 Å². The second-order valence-corrected chi connectivity index (χ2v) is 5.73. The maximum atomic E-state index is 4.75. The molecule has 0 unspecified atom stereocenters. The lowest BCUT2D eigenvalue weighted by molar-refractivity contribution is 0.294. The molecule has 18 heavy (non-hydrogen) atoms. The molecular weight excluding hydrogens is 222 g/mol. The molecule has 3 heteroatoms. The fraction of sp³-hybridized carbons (Fsp3) is 0.867. The van der Waals surface area contributed by atoms with Gasteiger partial charge in [0.2, 0.25) is 0 Å². The van der Waals surface area contributed by atoms with Gasteiger partial charge in [0, 0.05) is 12.8 Å². The fourth-order valence-corrected chi connectivity index (χ4v) is 1.96. The highest BCUT2D eigenvalue weighted by molar-refractivity contribution is 4.98. The quantitative estimate of drug-likeness (QED) is 0.696. The van der Waals surface area contributed by atoms with E-state index >= 15 is 0 Å². The Morgan fingerprint density at radius 1 is 1.00 bits per heavy atom. The Labute approximate surface area is 112 Å². The average molecular weight is 251 g/mol. The summed E-state index contributed by atoms with van der Waals surface area (Å²) in [7, 11) is 0. The van der Waals surface area contributed by atoms with Crippen LogP contribution in [0.15, 0.2) is 0 Å². The van der Waals surface area contributed by atoms with Gasteiger partial charge >= 0.3 is 0 Å². The zero-order valence-corrected chi connectivity index (χ0v) is 12.8. The van der Waals surface area contributed by atoms with E-state index in [-0.39, 0.29) is 5.54 Å². The number of hydrogen-bond donors (Lipinski definition) is 0. The summed E-state index contributed by atoms with van der Waals surface area (Å²) in [5.41, 5.74) is 0.0839. The molecule has 1 aromatic heterocycles. The van der Waals surface area contributed by atoms with Gasteiger partial charge < -0.3 is 0 Å². The second-order valence-electron chi connectivity index (χ2n) is 5.73. The maximum Gasteiger partial charge on any atom is 0.150 e. The number of aryl methyl sites for hydroxylation is 2. The Kier molecular flexibility index (Phi) is 5.83. The van der Waals surface area contributed by atoms with E-state index in [0.29, 0.717) is 0 Å². The van der Waals surface area contributed by atoms with Crippen molar-refractivity contribution < 1.29 is 0 Å². The molecule has 0 saturated heterocycles. The minimum atomic E-state index is 0.0839. The van der Waals surface area contributed by atoms with E-state index < -0.39 is 0 Å². The Bertz CT molecular complexity index is 353. The van der Waals surface area contributed by atoms with Crippen molar-refractivity contribution in [3.05, 3.63) is 11.6 Å². The van der Waals surface area contributed by atoms with Gasteiger partial charge in [-0.1, -0.05) is 33.6 Å². The van der Waals surface area contributed by atoms with Crippen molar-refractivity contribution >= 4 is 0 Å². The highest BCUT2D eigenvalue weighted by atomic mass is 15.4. The lowest BCUT2D eigenvalue weighted by atomic mass is 10.0. The van der Waals surface area contributed by atoms with E-state index in [9.17, 15) is 0 Å². The van der Waals surface area contributed by atoms with Crippen LogP contribution in [0.5, 0.6) is 0 Å². The van der Waals surface area contributed by atoms with Crippen LogP contribution < -0.4 is 0 Å². The monoisotopic (exact) mass is 251 g/mol. The van der Waals surface area contributed by atoms with Crippen LogP contribution in [0.3, 0.4) is 0 Å². The van der Waals surface area contributed by atoms with E-state index in [1.165, 1.54) is 31.5 Å². The van der Waals surface area contributed by atoms with Crippen LogP contribution in [-0.2, 0) is 18.4 Å². The van der Waals surface area contributed by atoms with Crippen LogP contribution >= 0.6 is 0 Å². The van der Waals surface area contributed by atoms with E-state index in [1.54, 1.807) is 0 Å². The zero-order chi connectivity index (χ0) is 13.6. The van der Waals surface area contributed by atoms with Crippen molar-refractivity contribution in [1.29, 1.82) is 0 Å². The van der Waals surface area contributed by atoms with Gasteiger partial charge in [0.15, 0.2) is 5.82 Å². The van der Waals surface area contributed by atoms with Gasteiger partial charge in [0.05, 0.1) is 5.54 Å². The summed E-state index contributed by atoms with van der Waals surface area (Å²) in [6.45, 7) is 11.2. The molecule has 0 aliphatic rings. The molecule has 0 aromatic carbocycles. The first kappa shape index (κ1) is 15.2. The van der Waals surface area contributed by atoms with E-state index in [2.05, 4.69) is 39.3 Å². The smallest absolute Gasteiger partial charge is 0.150 e. The van der Waals surface area contributed by atoms with E-state index in [0.717, 1.165) is 25.1 Å². The van der Waals surface area contributed by atoms with Gasteiger partial charge in [-0.25, -0.2) is 9.67 Å². The first-order valence-corrected chi connectivity index (χ1v) is 7.50. The fourth-order valence-electron chi connectivity index (χ4n) is 1.96. The summed E-state index contributed by atoms with van der Waals surface area (Å²) in [5.74, 6) is 2.21. The van der Waals surface area contributed by atoms with Crippen molar-refractivity contribution in [3.8, 4) is 0 Å². The predicted octanol–water partition coefficient (Wildman–Crippen LogP) is 4.11. The van der Waals surface area contributed by atoms with Crippen LogP contribution in [0.1, 0.15) is 78.4 Å². The molecule has 0 radical (unpaired) electrons. The lowest BCUT2D eigenvalue weighted by Crippen LogP contribution is -2.28. The topological polar surface area (TPSA) is 30.7 Å². The highest BCUT2D eigenvalue weighted by Crippen LogP contribution is 2.21. The van der Waals surface area contributed by atoms with Crippen molar-refractivity contribution in [1.82, 2.24) is 14.8 Å². The second kappa shape index (κ2) is 6.91. The molecule has 1 rings (SSSR count). The summed E-state index contributed by atoms with van der Waals surface area (Å²) in [4.78, 5) is 4.75. The Balaban J connectivity index is 2.93. The molecule has 0 fully saturated rings. The zero-order valence-electron chi connectivity index (χ0n) is 12.8. The molecule has 104 valence electrons. The largest absolute Gasteiger partial charge is 0.244 e. The van der Waals surface area contributed by atoms with Crippen molar-refractivity contribution in [2.24, 2.45) is 0 Å². The molecule has 0 amide bonds. The molecule has 0 atom stereocenters. The Hall–Kier alpha value is -0.860. The number of unbranched alkanes of at least 4 members (excludes halogenated alkanes) is 2. The minimum absolute atomic E-state index is 0.0839. The van der Waals surface area contributed by atoms with Gasteiger partial charge in [-0.3, -0.25) is 0 Å². The SMILES string of the molecule is CCCCc1nc(CCCC)n(C(C)(C)CC)n1. The highest BCUT2D eigenvalue weighted by Gasteiger charge is 2.23. The summed E-state index contributed by atoms with van der Waals surface area (Å²) in [5, 5.41) is 4.75. The third-order valence-electron chi connectivity index (χ3n) is 3.66. The summed E-state index contributed by atoms with van der Waals surface area (Å²) in [6.07, 6.45) is 7.96. The summed E-state index contributed by atoms with van der Waals surface area (Å²) in [6, 6.07) is 0. The summed E-state index contributed by atoms with van der Waals surface area (Å²) < 4.78 is 2.17. The Morgan fingerprint density at radius 2 is 1.61 bits per heavy atom. The molecule has 1 aromatic rings. The van der Waals surface area contributed by atoms with Gasteiger partial charge in [0.25, 0.3) is 0 Å². The maximum absolute atomic E-state index is 4.75. The first-order valence-electron chi connectivity index (χ1n) is 7.50.